The zero-order valence-electron chi connectivity index (χ0n) is 4.81. The highest BCUT2D eigenvalue weighted by molar-refractivity contribution is 5.85. The van der Waals surface area contributed by atoms with Crippen LogP contribution in [0.5, 0.6) is 0 Å². The summed E-state index contributed by atoms with van der Waals surface area (Å²) in [5.74, 6) is 0.935. The van der Waals surface area contributed by atoms with Crippen LogP contribution in [0.3, 0.4) is 0 Å². The number of nitrogens with one attached hydrogen (secondary N) is 1. The van der Waals surface area contributed by atoms with E-state index in [0.29, 0.717) is 11.8 Å². The van der Waals surface area contributed by atoms with Crippen molar-refractivity contribution in [3.63, 3.8) is 0 Å². The first-order chi connectivity index (χ1) is 3.34. The molecule has 0 heterocycles. The zero-order chi connectivity index (χ0) is 5.28. The van der Waals surface area contributed by atoms with Gasteiger partial charge in [-0.05, 0) is 12.8 Å². The Morgan fingerprint density at radius 1 is 1.62 bits per heavy atom. The van der Waals surface area contributed by atoms with E-state index in [9.17, 15) is 0 Å². The molecule has 1 rings (SSSR count). The molecule has 0 saturated heterocycles. The molecule has 48 valence electrons. The van der Waals surface area contributed by atoms with Crippen LogP contribution in [0.4, 0.5) is 0 Å². The third-order valence-corrected chi connectivity index (χ3v) is 1.17. The van der Waals surface area contributed by atoms with Crippen LogP contribution in [0.2, 0.25) is 0 Å². The lowest BCUT2D eigenvalue weighted by Crippen LogP contribution is -1.99. The first kappa shape index (κ1) is 7.76. The van der Waals surface area contributed by atoms with Crippen molar-refractivity contribution in [1.82, 2.24) is 0 Å². The minimum Gasteiger partial charge on any atom is -0.484 e. The van der Waals surface area contributed by atoms with E-state index in [4.69, 9.17) is 5.41 Å². The van der Waals surface area contributed by atoms with Crippen molar-refractivity contribution in [3.05, 3.63) is 0 Å². The van der Waals surface area contributed by atoms with Gasteiger partial charge in [0.1, 0.15) is 0 Å². The standard InChI is InChI=1S/C5H9NO.ClH/c1-7-5(6)4-2-3-4;/h4,6H,2-3H2,1H3;1H. The van der Waals surface area contributed by atoms with Gasteiger partial charge in [0.15, 0.2) is 5.90 Å². The molecule has 0 aromatic carbocycles. The van der Waals surface area contributed by atoms with Gasteiger partial charge in [-0.25, -0.2) is 0 Å². The summed E-state index contributed by atoms with van der Waals surface area (Å²) in [6, 6.07) is 0. The van der Waals surface area contributed by atoms with E-state index < -0.39 is 0 Å². The Labute approximate surface area is 55.1 Å². The molecule has 1 saturated carbocycles. The maximum absolute atomic E-state index is 7.03. The average molecular weight is 136 g/mol. The second-order valence-corrected chi connectivity index (χ2v) is 1.84. The minimum atomic E-state index is 0. The molecule has 3 heteroatoms. The Morgan fingerprint density at radius 3 is 2.25 bits per heavy atom. The molecule has 0 amide bonds. The highest BCUT2D eigenvalue weighted by atomic mass is 35.5. The SMILES string of the molecule is COC(=N)C1CC1.Cl. The Bertz CT molecular complexity index is 90.4. The Morgan fingerprint density at radius 2 is 2.12 bits per heavy atom. The number of hydrogen-bond acceptors (Lipinski definition) is 2. The van der Waals surface area contributed by atoms with Crippen molar-refractivity contribution >= 4 is 18.3 Å². The minimum absolute atomic E-state index is 0. The Hall–Kier alpha value is -0.240. The molecule has 8 heavy (non-hydrogen) atoms. The van der Waals surface area contributed by atoms with Crippen LogP contribution in [-0.4, -0.2) is 13.0 Å². The predicted molar refractivity (Wildman–Crippen MR) is 34.7 cm³/mol. The van der Waals surface area contributed by atoms with E-state index in [1.54, 1.807) is 7.11 Å². The molecule has 0 aliphatic heterocycles. The normalized spacial score (nSPS) is 16.6. The Balaban J connectivity index is 0.000000490. The van der Waals surface area contributed by atoms with Crippen molar-refractivity contribution in [2.45, 2.75) is 12.8 Å². The molecule has 1 N–H and O–H groups in total. The molecule has 1 aliphatic carbocycles. The van der Waals surface area contributed by atoms with Gasteiger partial charge in [-0.15, -0.1) is 12.4 Å². The van der Waals surface area contributed by atoms with Gasteiger partial charge in [-0.2, -0.15) is 0 Å². The van der Waals surface area contributed by atoms with Gasteiger partial charge in [0.2, 0.25) is 0 Å². The first-order valence-corrected chi connectivity index (χ1v) is 2.47. The third kappa shape index (κ3) is 1.70. The third-order valence-electron chi connectivity index (χ3n) is 1.17. The second-order valence-electron chi connectivity index (χ2n) is 1.84. The van der Waals surface area contributed by atoms with Crippen LogP contribution in [-0.2, 0) is 4.74 Å². The fourth-order valence-electron chi connectivity index (χ4n) is 0.512. The summed E-state index contributed by atoms with van der Waals surface area (Å²) in [6.45, 7) is 0. The van der Waals surface area contributed by atoms with Gasteiger partial charge in [-0.3, -0.25) is 5.41 Å². The summed E-state index contributed by atoms with van der Waals surface area (Å²) in [5, 5.41) is 7.03. The average Bonchev–Trinajstić information content (AvgIpc) is 2.44. The lowest BCUT2D eigenvalue weighted by molar-refractivity contribution is 0.382. The molecule has 2 nitrogen and oxygen atoms in total. The summed E-state index contributed by atoms with van der Waals surface area (Å²) < 4.78 is 4.66. The number of hydrogen-bond donors (Lipinski definition) is 1. The summed E-state index contributed by atoms with van der Waals surface area (Å²) in [5.41, 5.74) is 0. The maximum Gasteiger partial charge on any atom is 0.183 e. The largest absolute Gasteiger partial charge is 0.484 e. The molecule has 0 bridgehead atoms. The van der Waals surface area contributed by atoms with Crippen molar-refractivity contribution in [2.75, 3.05) is 7.11 Å². The number of rotatable bonds is 1. The van der Waals surface area contributed by atoms with Crippen molar-refractivity contribution in [1.29, 1.82) is 5.41 Å². The van der Waals surface area contributed by atoms with E-state index >= 15 is 0 Å². The lowest BCUT2D eigenvalue weighted by atomic mass is 10.4. The van der Waals surface area contributed by atoms with Gasteiger partial charge in [0.05, 0.1) is 7.11 Å². The second kappa shape index (κ2) is 2.92. The van der Waals surface area contributed by atoms with E-state index in [1.165, 1.54) is 0 Å². The van der Waals surface area contributed by atoms with Gasteiger partial charge in [0, 0.05) is 5.92 Å². The monoisotopic (exact) mass is 135 g/mol. The highest BCUT2D eigenvalue weighted by Gasteiger charge is 2.26. The number of ether oxygens (including phenoxy) is 1. The molecule has 1 fully saturated rings. The summed E-state index contributed by atoms with van der Waals surface area (Å²) in [7, 11) is 1.56. The number of methoxy groups -OCH3 is 1. The van der Waals surface area contributed by atoms with Crippen LogP contribution in [0.1, 0.15) is 12.8 Å². The summed E-state index contributed by atoms with van der Waals surface area (Å²) >= 11 is 0. The molecule has 0 aromatic heterocycles. The molecule has 1 aliphatic rings. The summed E-state index contributed by atoms with van der Waals surface area (Å²) in [6.07, 6.45) is 2.32. The van der Waals surface area contributed by atoms with Crippen molar-refractivity contribution in [3.8, 4) is 0 Å². The van der Waals surface area contributed by atoms with E-state index in [2.05, 4.69) is 4.74 Å². The van der Waals surface area contributed by atoms with Gasteiger partial charge in [-0.1, -0.05) is 0 Å². The maximum atomic E-state index is 7.03. The van der Waals surface area contributed by atoms with E-state index in [-0.39, 0.29) is 12.4 Å². The lowest BCUT2D eigenvalue weighted by Gasteiger charge is -1.94. The van der Waals surface area contributed by atoms with E-state index in [0.717, 1.165) is 12.8 Å². The van der Waals surface area contributed by atoms with Gasteiger partial charge >= 0.3 is 0 Å². The topological polar surface area (TPSA) is 33.1 Å². The van der Waals surface area contributed by atoms with Gasteiger partial charge < -0.3 is 4.74 Å². The molecular weight excluding hydrogens is 126 g/mol. The van der Waals surface area contributed by atoms with Crippen LogP contribution >= 0.6 is 12.4 Å². The smallest absolute Gasteiger partial charge is 0.183 e. The molecular formula is C5H10ClNO. The van der Waals surface area contributed by atoms with Crippen LogP contribution in [0, 0.1) is 11.3 Å². The molecule has 0 aromatic rings. The quantitative estimate of drug-likeness (QED) is 0.429. The molecule has 0 radical (unpaired) electrons. The van der Waals surface area contributed by atoms with Crippen molar-refractivity contribution in [2.24, 2.45) is 5.92 Å². The molecule has 0 spiro atoms. The fourth-order valence-corrected chi connectivity index (χ4v) is 0.512. The van der Waals surface area contributed by atoms with Crippen molar-refractivity contribution < 1.29 is 4.74 Å². The summed E-state index contributed by atoms with van der Waals surface area (Å²) in [4.78, 5) is 0. The predicted octanol–water partition coefficient (Wildman–Crippen LogP) is 1.44. The fraction of sp³-hybridized carbons (Fsp3) is 0.800. The highest BCUT2D eigenvalue weighted by Crippen LogP contribution is 2.29. The van der Waals surface area contributed by atoms with Crippen LogP contribution in [0.15, 0.2) is 0 Å². The molecule has 0 unspecified atom stereocenters. The van der Waals surface area contributed by atoms with E-state index in [1.807, 2.05) is 0 Å². The molecule has 0 atom stereocenters. The number of halogens is 1. The van der Waals surface area contributed by atoms with Crippen LogP contribution in [0.25, 0.3) is 0 Å². The zero-order valence-corrected chi connectivity index (χ0v) is 5.62. The van der Waals surface area contributed by atoms with Crippen LogP contribution < -0.4 is 0 Å². The first-order valence-electron chi connectivity index (χ1n) is 2.47. The van der Waals surface area contributed by atoms with Gasteiger partial charge in [0.25, 0.3) is 0 Å². The Kier molecular flexibility index (Phi) is 2.84.